The highest BCUT2D eigenvalue weighted by molar-refractivity contribution is 7.89. The van der Waals surface area contributed by atoms with Crippen LogP contribution in [0, 0.1) is 13.8 Å². The second-order valence-corrected chi connectivity index (χ2v) is 8.92. The van der Waals surface area contributed by atoms with Crippen molar-refractivity contribution in [3.05, 3.63) is 53.1 Å². The van der Waals surface area contributed by atoms with Crippen LogP contribution in [0.1, 0.15) is 30.0 Å². The minimum atomic E-state index is -3.54. The number of aryl methyl sites for hydroxylation is 2. The Morgan fingerprint density at radius 2 is 1.85 bits per heavy atom. The molecule has 27 heavy (non-hydrogen) atoms. The van der Waals surface area contributed by atoms with E-state index in [0.29, 0.717) is 34.4 Å². The van der Waals surface area contributed by atoms with Gasteiger partial charge < -0.3 is 9.64 Å². The van der Waals surface area contributed by atoms with E-state index in [0.717, 1.165) is 19.4 Å². The SMILES string of the molecule is COc1cc(C)c(S(=O)(=O)NCCCN2c3ccccc3C[C@@H]2C)c(C)c1. The molecule has 0 bridgehead atoms. The summed E-state index contributed by atoms with van der Waals surface area (Å²) in [7, 11) is -1.96. The lowest BCUT2D eigenvalue weighted by atomic mass is 10.1. The molecular weight excluding hydrogens is 360 g/mol. The maximum atomic E-state index is 12.8. The third-order valence-electron chi connectivity index (χ3n) is 5.15. The van der Waals surface area contributed by atoms with Gasteiger partial charge in [-0.15, -0.1) is 0 Å². The average Bonchev–Trinajstić information content (AvgIpc) is 2.93. The van der Waals surface area contributed by atoms with E-state index in [4.69, 9.17) is 4.74 Å². The maximum absolute atomic E-state index is 12.8. The molecule has 3 rings (SSSR count). The fourth-order valence-corrected chi connectivity index (χ4v) is 5.47. The fourth-order valence-electron chi connectivity index (χ4n) is 3.95. The predicted molar refractivity (Wildman–Crippen MR) is 109 cm³/mol. The average molecular weight is 389 g/mol. The molecule has 1 atom stereocenters. The summed E-state index contributed by atoms with van der Waals surface area (Å²) in [5.74, 6) is 0.672. The van der Waals surface area contributed by atoms with Crippen molar-refractivity contribution < 1.29 is 13.2 Å². The van der Waals surface area contributed by atoms with Crippen molar-refractivity contribution in [2.24, 2.45) is 0 Å². The third-order valence-corrected chi connectivity index (χ3v) is 6.92. The zero-order chi connectivity index (χ0) is 19.6. The number of rotatable bonds is 7. The summed E-state index contributed by atoms with van der Waals surface area (Å²) in [4.78, 5) is 2.72. The molecule has 1 heterocycles. The Kier molecular flexibility index (Phi) is 5.77. The molecule has 0 saturated heterocycles. The molecule has 0 unspecified atom stereocenters. The summed E-state index contributed by atoms with van der Waals surface area (Å²) in [6.07, 6.45) is 1.80. The maximum Gasteiger partial charge on any atom is 0.241 e. The van der Waals surface area contributed by atoms with Crippen molar-refractivity contribution in [2.45, 2.75) is 44.6 Å². The molecule has 0 aromatic heterocycles. The van der Waals surface area contributed by atoms with E-state index >= 15 is 0 Å². The first-order chi connectivity index (χ1) is 12.8. The number of fused-ring (bicyclic) bond motifs is 1. The van der Waals surface area contributed by atoms with E-state index in [1.165, 1.54) is 11.3 Å². The summed E-state index contributed by atoms with van der Waals surface area (Å²) in [6.45, 7) is 7.06. The molecule has 1 aliphatic heterocycles. The molecule has 0 aliphatic carbocycles. The van der Waals surface area contributed by atoms with Crippen LogP contribution in [0.3, 0.4) is 0 Å². The van der Waals surface area contributed by atoms with Gasteiger partial charge in [-0.25, -0.2) is 13.1 Å². The van der Waals surface area contributed by atoms with Crippen molar-refractivity contribution in [3.63, 3.8) is 0 Å². The number of anilines is 1. The molecule has 1 N–H and O–H groups in total. The summed E-state index contributed by atoms with van der Waals surface area (Å²) < 4.78 is 33.5. The van der Waals surface area contributed by atoms with Crippen LogP contribution >= 0.6 is 0 Å². The normalized spacial score (nSPS) is 16.4. The van der Waals surface area contributed by atoms with Crippen LogP contribution in [-0.4, -0.2) is 34.7 Å². The first kappa shape index (κ1) is 19.7. The number of nitrogens with one attached hydrogen (secondary N) is 1. The van der Waals surface area contributed by atoms with Crippen LogP contribution in [0.2, 0.25) is 0 Å². The highest BCUT2D eigenvalue weighted by Gasteiger charge is 2.25. The van der Waals surface area contributed by atoms with Gasteiger partial charge in [0.1, 0.15) is 5.75 Å². The molecule has 2 aromatic carbocycles. The Morgan fingerprint density at radius 1 is 1.19 bits per heavy atom. The molecule has 5 nitrogen and oxygen atoms in total. The van der Waals surface area contributed by atoms with Gasteiger partial charge in [0.2, 0.25) is 10.0 Å². The van der Waals surface area contributed by atoms with Crippen LogP contribution in [-0.2, 0) is 16.4 Å². The van der Waals surface area contributed by atoms with Crippen LogP contribution in [0.4, 0.5) is 5.69 Å². The standard InChI is InChI=1S/C21H28N2O3S/c1-15-12-19(26-4)13-16(2)21(15)27(24,25)22-10-7-11-23-17(3)14-18-8-5-6-9-20(18)23/h5-6,8-9,12-13,17,22H,7,10-11,14H2,1-4H3/t17-/m0/s1. The largest absolute Gasteiger partial charge is 0.497 e. The molecule has 0 spiro atoms. The van der Waals surface area contributed by atoms with Gasteiger partial charge in [-0.05, 0) is 68.5 Å². The van der Waals surface area contributed by atoms with E-state index < -0.39 is 10.0 Å². The van der Waals surface area contributed by atoms with Crippen LogP contribution in [0.5, 0.6) is 5.75 Å². The van der Waals surface area contributed by atoms with E-state index in [1.54, 1.807) is 33.1 Å². The number of hydrogen-bond acceptors (Lipinski definition) is 4. The van der Waals surface area contributed by atoms with Gasteiger partial charge in [-0.2, -0.15) is 0 Å². The van der Waals surface area contributed by atoms with Gasteiger partial charge in [-0.1, -0.05) is 18.2 Å². The molecule has 1 aliphatic rings. The number of sulfonamides is 1. The lowest BCUT2D eigenvalue weighted by Gasteiger charge is -2.25. The van der Waals surface area contributed by atoms with Gasteiger partial charge in [0.05, 0.1) is 12.0 Å². The second-order valence-electron chi connectivity index (χ2n) is 7.22. The first-order valence-corrected chi connectivity index (χ1v) is 10.8. The Labute approximate surface area is 162 Å². The fraction of sp³-hybridized carbons (Fsp3) is 0.429. The van der Waals surface area contributed by atoms with Gasteiger partial charge in [0, 0.05) is 24.8 Å². The highest BCUT2D eigenvalue weighted by Crippen LogP contribution is 2.31. The molecule has 0 radical (unpaired) electrons. The number of ether oxygens (including phenoxy) is 1. The lowest BCUT2D eigenvalue weighted by Crippen LogP contribution is -2.33. The van der Waals surface area contributed by atoms with E-state index in [1.807, 2.05) is 0 Å². The molecule has 0 fully saturated rings. The topological polar surface area (TPSA) is 58.6 Å². The Morgan fingerprint density at radius 3 is 2.52 bits per heavy atom. The van der Waals surface area contributed by atoms with Gasteiger partial charge in [-0.3, -0.25) is 0 Å². The summed E-state index contributed by atoms with van der Waals surface area (Å²) in [6, 6.07) is 12.4. The van der Waals surface area contributed by atoms with Crippen molar-refractivity contribution in [3.8, 4) is 5.75 Å². The smallest absolute Gasteiger partial charge is 0.241 e. The third kappa shape index (κ3) is 4.12. The molecule has 146 valence electrons. The number of hydrogen-bond donors (Lipinski definition) is 1. The zero-order valence-corrected chi connectivity index (χ0v) is 17.3. The Hall–Kier alpha value is -2.05. The molecule has 0 amide bonds. The molecule has 6 heteroatoms. The minimum absolute atomic E-state index is 0.350. The van der Waals surface area contributed by atoms with E-state index in [9.17, 15) is 8.42 Å². The summed E-state index contributed by atoms with van der Waals surface area (Å²) in [5, 5.41) is 0. The van der Waals surface area contributed by atoms with Crippen LogP contribution in [0.15, 0.2) is 41.3 Å². The van der Waals surface area contributed by atoms with Crippen molar-refractivity contribution in [2.75, 3.05) is 25.1 Å². The van der Waals surface area contributed by atoms with Gasteiger partial charge in [0.25, 0.3) is 0 Å². The number of methoxy groups -OCH3 is 1. The molecule has 2 aromatic rings. The quantitative estimate of drug-likeness (QED) is 0.739. The second kappa shape index (κ2) is 7.90. The monoisotopic (exact) mass is 388 g/mol. The zero-order valence-electron chi connectivity index (χ0n) is 16.5. The highest BCUT2D eigenvalue weighted by atomic mass is 32.2. The van der Waals surface area contributed by atoms with Crippen molar-refractivity contribution >= 4 is 15.7 Å². The summed E-state index contributed by atoms with van der Waals surface area (Å²) in [5.41, 5.74) is 4.03. The number of benzene rings is 2. The molecular formula is C21H28N2O3S. The minimum Gasteiger partial charge on any atom is -0.497 e. The van der Waals surface area contributed by atoms with E-state index in [2.05, 4.69) is 40.8 Å². The Bertz CT molecular complexity index is 902. The van der Waals surface area contributed by atoms with Gasteiger partial charge >= 0.3 is 0 Å². The first-order valence-electron chi connectivity index (χ1n) is 9.33. The summed E-state index contributed by atoms with van der Waals surface area (Å²) >= 11 is 0. The van der Waals surface area contributed by atoms with Crippen LogP contribution < -0.4 is 14.4 Å². The van der Waals surface area contributed by atoms with Gasteiger partial charge in [0.15, 0.2) is 0 Å². The number of para-hydroxylation sites is 1. The van der Waals surface area contributed by atoms with Crippen molar-refractivity contribution in [1.82, 2.24) is 4.72 Å². The van der Waals surface area contributed by atoms with E-state index in [-0.39, 0.29) is 0 Å². The van der Waals surface area contributed by atoms with Crippen molar-refractivity contribution in [1.29, 1.82) is 0 Å². The Balaban J connectivity index is 1.62. The lowest BCUT2D eigenvalue weighted by molar-refractivity contribution is 0.413. The molecule has 0 saturated carbocycles. The van der Waals surface area contributed by atoms with Crippen LogP contribution in [0.25, 0.3) is 0 Å². The number of nitrogens with zero attached hydrogens (tertiary/aromatic N) is 1. The predicted octanol–water partition coefficient (Wildman–Crippen LogP) is 3.43.